The fourth-order valence-electron chi connectivity index (χ4n) is 4.69. The average Bonchev–Trinajstić information content (AvgIpc) is 3.00. The van der Waals surface area contributed by atoms with Crippen LogP contribution in [0, 0.1) is 0 Å². The smallest absolute Gasteiger partial charge is 0.119 e. The Labute approximate surface area is 255 Å². The van der Waals surface area contributed by atoms with E-state index in [1.165, 1.54) is 22.8 Å². The molecule has 0 spiro atoms. The number of rotatable bonds is 9. The minimum absolute atomic E-state index is 0. The van der Waals surface area contributed by atoms with Crippen LogP contribution in [0.1, 0.15) is 53.1 Å². The van der Waals surface area contributed by atoms with Gasteiger partial charge in [-0.3, -0.25) is 0 Å². The largest absolute Gasteiger partial charge is 0.508 e. The van der Waals surface area contributed by atoms with Gasteiger partial charge < -0.3 is 20.6 Å². The summed E-state index contributed by atoms with van der Waals surface area (Å²) >= 11 is 0. The van der Waals surface area contributed by atoms with E-state index >= 15 is 0 Å². The number of hydrogen-bond acceptors (Lipinski definition) is 4. The lowest BCUT2D eigenvalue weighted by molar-refractivity contribution is 0.450. The Hall–Kier alpha value is -4.51. The standard InChI is InChI=1S/C23H25N.C14H12O3.ClH/c1-19(20-11-5-2-6-12-20)24-18-17-23(21-13-7-3-8-14-21)22-15-9-4-10-16-22;15-12-5-3-10(4-6-12)1-2-11-7-13(16)9-14(17)8-11;/h2-16,19,23-24H,17-18H2,1H3;1-9,15-17H;1H. The molecule has 4 N–H and O–H groups in total. The fourth-order valence-corrected chi connectivity index (χ4v) is 4.69. The second kappa shape index (κ2) is 16.7. The average molecular weight is 580 g/mol. The Balaban J connectivity index is 0.000000238. The summed E-state index contributed by atoms with van der Waals surface area (Å²) in [4.78, 5) is 0. The fraction of sp³-hybridized carbons (Fsp3) is 0.135. The van der Waals surface area contributed by atoms with Crippen LogP contribution in [0.4, 0.5) is 0 Å². The normalized spacial score (nSPS) is 11.4. The molecule has 4 nitrogen and oxygen atoms in total. The molecule has 1 unspecified atom stereocenters. The van der Waals surface area contributed by atoms with Crippen molar-refractivity contribution in [2.24, 2.45) is 0 Å². The van der Waals surface area contributed by atoms with Gasteiger partial charge >= 0.3 is 0 Å². The van der Waals surface area contributed by atoms with E-state index in [-0.39, 0.29) is 29.7 Å². The SMILES string of the molecule is CC(NCCC(c1ccccc1)c1ccccc1)c1ccccc1.Cl.Oc1ccc(C=Cc2cc(O)cc(O)c2)cc1. The zero-order valence-electron chi connectivity index (χ0n) is 23.7. The quantitative estimate of drug-likeness (QED) is 0.131. The highest BCUT2D eigenvalue weighted by Crippen LogP contribution is 2.28. The molecule has 5 aromatic rings. The van der Waals surface area contributed by atoms with Gasteiger partial charge in [-0.05, 0) is 72.0 Å². The van der Waals surface area contributed by atoms with E-state index in [2.05, 4.69) is 103 Å². The van der Waals surface area contributed by atoms with Crippen LogP contribution in [0.3, 0.4) is 0 Å². The van der Waals surface area contributed by atoms with Crippen molar-refractivity contribution in [2.75, 3.05) is 6.54 Å². The van der Waals surface area contributed by atoms with E-state index in [1.54, 1.807) is 42.5 Å². The van der Waals surface area contributed by atoms with Crippen molar-refractivity contribution >= 4 is 24.6 Å². The highest BCUT2D eigenvalue weighted by atomic mass is 35.5. The minimum atomic E-state index is 0. The number of halogens is 1. The van der Waals surface area contributed by atoms with Crippen molar-refractivity contribution < 1.29 is 15.3 Å². The maximum absolute atomic E-state index is 9.30. The first kappa shape index (κ1) is 32.0. The van der Waals surface area contributed by atoms with Gasteiger partial charge in [0, 0.05) is 18.0 Å². The molecule has 5 aromatic carbocycles. The first-order chi connectivity index (χ1) is 20.0. The first-order valence-electron chi connectivity index (χ1n) is 13.9. The van der Waals surface area contributed by atoms with Crippen molar-refractivity contribution in [3.8, 4) is 17.2 Å². The summed E-state index contributed by atoms with van der Waals surface area (Å²) < 4.78 is 0. The molecule has 5 heteroatoms. The van der Waals surface area contributed by atoms with Gasteiger partial charge in [-0.25, -0.2) is 0 Å². The molecule has 0 heterocycles. The van der Waals surface area contributed by atoms with Gasteiger partial charge in [0.05, 0.1) is 0 Å². The predicted molar refractivity (Wildman–Crippen MR) is 176 cm³/mol. The molecule has 0 amide bonds. The van der Waals surface area contributed by atoms with Gasteiger partial charge in [-0.2, -0.15) is 0 Å². The van der Waals surface area contributed by atoms with Gasteiger partial charge in [0.15, 0.2) is 0 Å². The Kier molecular flexibility index (Phi) is 12.7. The minimum Gasteiger partial charge on any atom is -0.508 e. The molecule has 0 saturated heterocycles. The summed E-state index contributed by atoms with van der Waals surface area (Å²) in [5.41, 5.74) is 5.74. The lowest BCUT2D eigenvalue weighted by Crippen LogP contribution is -2.21. The van der Waals surface area contributed by atoms with Crippen LogP contribution in [-0.2, 0) is 0 Å². The van der Waals surface area contributed by atoms with E-state index < -0.39 is 0 Å². The Morgan fingerprint density at radius 1 is 0.548 bits per heavy atom. The molecule has 0 fully saturated rings. The Morgan fingerprint density at radius 3 is 1.50 bits per heavy atom. The van der Waals surface area contributed by atoms with Crippen molar-refractivity contribution in [2.45, 2.75) is 25.3 Å². The number of phenols is 3. The van der Waals surface area contributed by atoms with Gasteiger partial charge in [0.25, 0.3) is 0 Å². The van der Waals surface area contributed by atoms with E-state index in [9.17, 15) is 10.2 Å². The second-order valence-corrected chi connectivity index (χ2v) is 9.96. The molecule has 0 aliphatic heterocycles. The number of phenolic OH excluding ortho intramolecular Hbond substituents is 3. The molecular formula is C37H38ClNO3. The molecule has 216 valence electrons. The third-order valence-corrected chi connectivity index (χ3v) is 6.87. The Morgan fingerprint density at radius 2 is 1.00 bits per heavy atom. The Bertz CT molecular complexity index is 1430. The van der Waals surface area contributed by atoms with Crippen LogP contribution >= 0.6 is 12.4 Å². The van der Waals surface area contributed by atoms with E-state index in [0.29, 0.717) is 17.5 Å². The number of hydrogen-bond donors (Lipinski definition) is 4. The highest BCUT2D eigenvalue weighted by Gasteiger charge is 2.14. The summed E-state index contributed by atoms with van der Waals surface area (Å²) in [6.45, 7) is 3.22. The highest BCUT2D eigenvalue weighted by molar-refractivity contribution is 5.85. The first-order valence-corrected chi connectivity index (χ1v) is 13.9. The molecule has 1 atom stereocenters. The van der Waals surface area contributed by atoms with Crippen molar-refractivity contribution in [3.05, 3.63) is 161 Å². The summed E-state index contributed by atoms with van der Waals surface area (Å²) in [5, 5.41) is 31.4. The lowest BCUT2D eigenvalue weighted by Gasteiger charge is -2.20. The van der Waals surface area contributed by atoms with Crippen molar-refractivity contribution in [3.63, 3.8) is 0 Å². The van der Waals surface area contributed by atoms with Crippen LogP contribution < -0.4 is 5.32 Å². The number of benzene rings is 5. The van der Waals surface area contributed by atoms with E-state index in [0.717, 1.165) is 18.5 Å². The molecular weight excluding hydrogens is 542 g/mol. The van der Waals surface area contributed by atoms with Crippen LogP contribution in [0.25, 0.3) is 12.2 Å². The van der Waals surface area contributed by atoms with E-state index in [1.807, 2.05) is 6.08 Å². The van der Waals surface area contributed by atoms with Gasteiger partial charge in [-0.15, -0.1) is 12.4 Å². The molecule has 0 saturated carbocycles. The third kappa shape index (κ3) is 10.2. The van der Waals surface area contributed by atoms with Crippen LogP contribution in [0.2, 0.25) is 0 Å². The second-order valence-electron chi connectivity index (χ2n) is 9.96. The van der Waals surface area contributed by atoms with Gasteiger partial charge in [-0.1, -0.05) is 115 Å². The molecule has 5 rings (SSSR count). The molecule has 0 aliphatic carbocycles. The summed E-state index contributed by atoms with van der Waals surface area (Å²) in [5.74, 6) is 0.700. The monoisotopic (exact) mass is 579 g/mol. The zero-order chi connectivity index (χ0) is 28.9. The van der Waals surface area contributed by atoms with Gasteiger partial charge in [0.2, 0.25) is 0 Å². The van der Waals surface area contributed by atoms with E-state index in [4.69, 9.17) is 5.11 Å². The summed E-state index contributed by atoms with van der Waals surface area (Å²) in [6.07, 6.45) is 4.69. The molecule has 42 heavy (non-hydrogen) atoms. The lowest BCUT2D eigenvalue weighted by atomic mass is 9.88. The van der Waals surface area contributed by atoms with Crippen molar-refractivity contribution in [1.29, 1.82) is 0 Å². The van der Waals surface area contributed by atoms with Crippen LogP contribution in [0.15, 0.2) is 133 Å². The molecule has 0 aliphatic rings. The summed E-state index contributed by atoms with van der Waals surface area (Å²) in [7, 11) is 0. The maximum Gasteiger partial charge on any atom is 0.119 e. The number of aromatic hydroxyl groups is 3. The van der Waals surface area contributed by atoms with Crippen molar-refractivity contribution in [1.82, 2.24) is 5.32 Å². The zero-order valence-corrected chi connectivity index (χ0v) is 24.5. The van der Waals surface area contributed by atoms with Gasteiger partial charge in [0.1, 0.15) is 17.2 Å². The number of nitrogens with one attached hydrogen (secondary N) is 1. The molecule has 0 bridgehead atoms. The summed E-state index contributed by atoms with van der Waals surface area (Å²) in [6, 6.07) is 43.8. The predicted octanol–water partition coefficient (Wildman–Crippen LogP) is 8.95. The maximum atomic E-state index is 9.30. The van der Waals surface area contributed by atoms with Crippen LogP contribution in [0.5, 0.6) is 17.2 Å². The topological polar surface area (TPSA) is 72.7 Å². The molecule has 0 aromatic heterocycles. The molecule has 0 radical (unpaired) electrons. The van der Waals surface area contributed by atoms with Crippen LogP contribution in [-0.4, -0.2) is 21.9 Å². The third-order valence-electron chi connectivity index (χ3n) is 6.87.